The van der Waals surface area contributed by atoms with Gasteiger partial charge in [0.1, 0.15) is 4.21 Å². The van der Waals surface area contributed by atoms with Crippen LogP contribution < -0.4 is 0 Å². The number of sulfonamides is 1. The summed E-state index contributed by atoms with van der Waals surface area (Å²) in [4.78, 5) is 14.1. The molecule has 2 aromatic rings. The minimum absolute atomic E-state index is 0.0584. The van der Waals surface area contributed by atoms with Gasteiger partial charge in [-0.1, -0.05) is 29.8 Å². The highest BCUT2D eigenvalue weighted by Crippen LogP contribution is 2.22. The largest absolute Gasteiger partial charge is 0.340 e. The van der Waals surface area contributed by atoms with Crippen molar-refractivity contribution >= 4 is 38.9 Å². The SMILES string of the molecule is O=C(CCc1ccc(Cl)cc1)N1CCN(S(=O)(=O)c2cccs2)CC1. The molecule has 134 valence electrons. The molecule has 0 aliphatic carbocycles. The van der Waals surface area contributed by atoms with Crippen molar-refractivity contribution in [3.8, 4) is 0 Å². The van der Waals surface area contributed by atoms with Crippen molar-refractivity contribution in [3.05, 3.63) is 52.4 Å². The summed E-state index contributed by atoms with van der Waals surface area (Å²) in [6.07, 6.45) is 1.07. The number of aryl methyl sites for hydroxylation is 1. The van der Waals surface area contributed by atoms with Crippen LogP contribution in [-0.4, -0.2) is 49.7 Å². The molecule has 1 aromatic heterocycles. The van der Waals surface area contributed by atoms with Crippen LogP contribution in [0.4, 0.5) is 0 Å². The molecule has 1 saturated heterocycles. The van der Waals surface area contributed by atoms with Crippen molar-refractivity contribution in [2.75, 3.05) is 26.2 Å². The van der Waals surface area contributed by atoms with Crippen LogP contribution >= 0.6 is 22.9 Å². The van der Waals surface area contributed by atoms with Crippen LogP contribution in [0.1, 0.15) is 12.0 Å². The normalized spacial score (nSPS) is 16.1. The number of halogens is 1. The van der Waals surface area contributed by atoms with Crippen LogP contribution in [0.3, 0.4) is 0 Å². The zero-order chi connectivity index (χ0) is 17.9. The first-order valence-electron chi connectivity index (χ1n) is 8.03. The highest BCUT2D eigenvalue weighted by Gasteiger charge is 2.30. The van der Waals surface area contributed by atoms with Crippen LogP contribution in [0.15, 0.2) is 46.0 Å². The van der Waals surface area contributed by atoms with E-state index in [4.69, 9.17) is 11.6 Å². The standard InChI is InChI=1S/C17H19ClN2O3S2/c18-15-6-3-14(4-7-15)5-8-16(21)19-9-11-20(12-10-19)25(22,23)17-2-1-13-24-17/h1-4,6-7,13H,5,8-12H2. The summed E-state index contributed by atoms with van der Waals surface area (Å²) in [5.74, 6) is 0.0584. The van der Waals surface area contributed by atoms with Crippen LogP contribution in [0.5, 0.6) is 0 Å². The molecular weight excluding hydrogens is 380 g/mol. The average molecular weight is 399 g/mol. The lowest BCUT2D eigenvalue weighted by atomic mass is 10.1. The number of carbonyl (C=O) groups is 1. The second kappa shape index (κ2) is 7.86. The molecule has 1 aliphatic heterocycles. The Kier molecular flexibility index (Phi) is 5.78. The third-order valence-electron chi connectivity index (χ3n) is 4.22. The number of nitrogens with zero attached hydrogens (tertiary/aromatic N) is 2. The van der Waals surface area contributed by atoms with E-state index in [1.165, 1.54) is 15.6 Å². The molecule has 8 heteroatoms. The number of rotatable bonds is 5. The van der Waals surface area contributed by atoms with E-state index >= 15 is 0 Å². The van der Waals surface area contributed by atoms with Crippen LogP contribution in [0, 0.1) is 0 Å². The molecule has 0 atom stereocenters. The maximum Gasteiger partial charge on any atom is 0.252 e. The van der Waals surface area contributed by atoms with Gasteiger partial charge in [-0.3, -0.25) is 4.79 Å². The monoisotopic (exact) mass is 398 g/mol. The summed E-state index contributed by atoms with van der Waals surface area (Å²) in [5, 5.41) is 2.43. The van der Waals surface area contributed by atoms with Gasteiger partial charge in [-0.25, -0.2) is 8.42 Å². The van der Waals surface area contributed by atoms with E-state index in [9.17, 15) is 13.2 Å². The Morgan fingerprint density at radius 3 is 2.36 bits per heavy atom. The topological polar surface area (TPSA) is 57.7 Å². The Morgan fingerprint density at radius 1 is 1.08 bits per heavy atom. The third kappa shape index (κ3) is 4.41. The minimum atomic E-state index is -3.43. The molecule has 0 radical (unpaired) electrons. The lowest BCUT2D eigenvalue weighted by Crippen LogP contribution is -2.50. The van der Waals surface area contributed by atoms with E-state index in [-0.39, 0.29) is 5.91 Å². The molecule has 0 spiro atoms. The van der Waals surface area contributed by atoms with Gasteiger partial charge in [-0.15, -0.1) is 11.3 Å². The molecular formula is C17H19ClN2O3S2. The summed E-state index contributed by atoms with van der Waals surface area (Å²) in [6, 6.07) is 10.8. The van der Waals surface area contributed by atoms with Gasteiger partial charge in [0.2, 0.25) is 5.91 Å². The number of piperazine rings is 1. The van der Waals surface area contributed by atoms with Gasteiger partial charge in [0.15, 0.2) is 0 Å². The smallest absolute Gasteiger partial charge is 0.252 e. The predicted molar refractivity (Wildman–Crippen MR) is 99.4 cm³/mol. The Balaban J connectivity index is 1.51. The molecule has 2 heterocycles. The van der Waals surface area contributed by atoms with Crippen molar-refractivity contribution in [3.63, 3.8) is 0 Å². The number of hydrogen-bond acceptors (Lipinski definition) is 4. The molecule has 3 rings (SSSR count). The van der Waals surface area contributed by atoms with Crippen molar-refractivity contribution in [2.24, 2.45) is 0 Å². The first-order chi connectivity index (χ1) is 12.0. The van der Waals surface area contributed by atoms with E-state index in [1.54, 1.807) is 22.4 Å². The van der Waals surface area contributed by atoms with Gasteiger partial charge in [0, 0.05) is 37.6 Å². The Morgan fingerprint density at radius 2 is 1.76 bits per heavy atom. The van der Waals surface area contributed by atoms with Gasteiger partial charge in [0.25, 0.3) is 10.0 Å². The highest BCUT2D eigenvalue weighted by molar-refractivity contribution is 7.91. The first-order valence-corrected chi connectivity index (χ1v) is 10.7. The van der Waals surface area contributed by atoms with E-state index in [0.717, 1.165) is 5.56 Å². The van der Waals surface area contributed by atoms with Gasteiger partial charge >= 0.3 is 0 Å². The summed E-state index contributed by atoms with van der Waals surface area (Å²) < 4.78 is 26.8. The average Bonchev–Trinajstić information content (AvgIpc) is 3.16. The lowest BCUT2D eigenvalue weighted by Gasteiger charge is -2.33. The Bertz CT molecular complexity index is 812. The molecule has 0 bridgehead atoms. The van der Waals surface area contributed by atoms with Crippen molar-refractivity contribution in [1.29, 1.82) is 0 Å². The lowest BCUT2D eigenvalue weighted by molar-refractivity contribution is -0.132. The third-order valence-corrected chi connectivity index (χ3v) is 7.75. The molecule has 5 nitrogen and oxygen atoms in total. The number of thiophene rings is 1. The van der Waals surface area contributed by atoms with Gasteiger partial charge in [-0.2, -0.15) is 4.31 Å². The summed E-state index contributed by atoms with van der Waals surface area (Å²) in [5.41, 5.74) is 1.07. The molecule has 1 fully saturated rings. The molecule has 1 amide bonds. The fraction of sp³-hybridized carbons (Fsp3) is 0.353. The first kappa shape index (κ1) is 18.4. The quantitative estimate of drug-likeness (QED) is 0.778. The van der Waals surface area contributed by atoms with Gasteiger partial charge in [0.05, 0.1) is 0 Å². The van der Waals surface area contributed by atoms with Crippen LogP contribution in [0.25, 0.3) is 0 Å². The molecule has 0 saturated carbocycles. The highest BCUT2D eigenvalue weighted by atomic mass is 35.5. The van der Waals surface area contributed by atoms with Crippen molar-refractivity contribution in [2.45, 2.75) is 17.1 Å². The van der Waals surface area contributed by atoms with E-state index in [2.05, 4.69) is 0 Å². The van der Waals surface area contributed by atoms with E-state index in [1.807, 2.05) is 24.3 Å². The Hall–Kier alpha value is -1.41. The molecule has 0 unspecified atom stereocenters. The summed E-state index contributed by atoms with van der Waals surface area (Å²) >= 11 is 7.07. The molecule has 1 aliphatic rings. The number of hydrogen-bond donors (Lipinski definition) is 0. The van der Waals surface area contributed by atoms with Crippen molar-refractivity contribution in [1.82, 2.24) is 9.21 Å². The maximum atomic E-state index is 12.5. The molecule has 1 aromatic carbocycles. The van der Waals surface area contributed by atoms with Gasteiger partial charge < -0.3 is 4.90 Å². The van der Waals surface area contributed by atoms with Crippen molar-refractivity contribution < 1.29 is 13.2 Å². The van der Waals surface area contributed by atoms with Gasteiger partial charge in [-0.05, 0) is 35.6 Å². The predicted octanol–water partition coefficient (Wildman–Crippen LogP) is 2.87. The minimum Gasteiger partial charge on any atom is -0.340 e. The second-order valence-electron chi connectivity index (χ2n) is 5.84. The number of benzene rings is 1. The van der Waals surface area contributed by atoms with E-state index in [0.29, 0.717) is 48.3 Å². The molecule has 25 heavy (non-hydrogen) atoms. The zero-order valence-corrected chi connectivity index (χ0v) is 16.0. The summed E-state index contributed by atoms with van der Waals surface area (Å²) in [6.45, 7) is 1.55. The van der Waals surface area contributed by atoms with E-state index < -0.39 is 10.0 Å². The summed E-state index contributed by atoms with van der Waals surface area (Å²) in [7, 11) is -3.43. The number of carbonyl (C=O) groups excluding carboxylic acids is 1. The molecule has 0 N–H and O–H groups in total. The fourth-order valence-electron chi connectivity index (χ4n) is 2.78. The fourth-order valence-corrected chi connectivity index (χ4v) is 5.47. The zero-order valence-electron chi connectivity index (χ0n) is 13.6. The van der Waals surface area contributed by atoms with Crippen LogP contribution in [0.2, 0.25) is 5.02 Å². The second-order valence-corrected chi connectivity index (χ2v) is 9.39. The Labute approximate surface area is 156 Å². The number of amides is 1. The van der Waals surface area contributed by atoms with Crippen LogP contribution in [-0.2, 0) is 21.2 Å². The maximum absolute atomic E-state index is 12.5.